The molecule has 2 amide bonds. The van der Waals surface area contributed by atoms with Crippen LogP contribution in [0.1, 0.15) is 55.7 Å². The van der Waals surface area contributed by atoms with Crippen LogP contribution < -0.4 is 9.62 Å². The summed E-state index contributed by atoms with van der Waals surface area (Å²) < 4.78 is 26.5. The van der Waals surface area contributed by atoms with Gasteiger partial charge in [0, 0.05) is 17.6 Å². The van der Waals surface area contributed by atoms with E-state index in [0.717, 1.165) is 52.9 Å². The Morgan fingerprint density at radius 3 is 2.36 bits per heavy atom. The number of aryl methyl sites for hydroxylation is 2. The molecule has 1 saturated carbocycles. The van der Waals surface area contributed by atoms with Crippen molar-refractivity contribution in [2.45, 2.75) is 71.5 Å². The number of nitrogens with one attached hydrogen (secondary N) is 1. The molecule has 0 bridgehead atoms. The van der Waals surface area contributed by atoms with E-state index in [1.807, 2.05) is 26.0 Å². The van der Waals surface area contributed by atoms with E-state index in [1.54, 1.807) is 37.3 Å². The molecule has 1 aliphatic rings. The van der Waals surface area contributed by atoms with Gasteiger partial charge in [-0.05, 0) is 74.6 Å². The lowest BCUT2D eigenvalue weighted by molar-refractivity contribution is -0.139. The molecule has 1 aliphatic carbocycles. The topological polar surface area (TPSA) is 86.8 Å². The smallest absolute Gasteiger partial charge is 0.244 e. The summed E-state index contributed by atoms with van der Waals surface area (Å²) in [6.45, 7) is 5.23. The predicted octanol–water partition coefficient (Wildman–Crippen LogP) is 4.59. The van der Waals surface area contributed by atoms with Crippen molar-refractivity contribution in [1.82, 2.24) is 10.2 Å². The molecule has 3 rings (SSSR count). The summed E-state index contributed by atoms with van der Waals surface area (Å²) in [7, 11) is -3.76. The van der Waals surface area contributed by atoms with Crippen LogP contribution >= 0.6 is 11.6 Å². The number of hydrogen-bond donors (Lipinski definition) is 1. The standard InChI is InChI=1S/C27H36ClN3O4S/c1-19-13-14-25(15-20(19)2)31(36(4,34)35)18-26(32)30(17-22-9-8-10-23(28)16-22)21(3)27(33)29-24-11-6-5-7-12-24/h8-10,13-16,21,24H,5-7,11-12,17-18H2,1-4H3,(H,29,33)/t21-/m0/s1. The Morgan fingerprint density at radius 1 is 1.06 bits per heavy atom. The number of carbonyl (C=O) groups excluding carboxylic acids is 2. The molecule has 1 atom stereocenters. The number of rotatable bonds is 9. The average molecular weight is 534 g/mol. The normalized spacial score (nSPS) is 15.2. The van der Waals surface area contributed by atoms with Crippen molar-refractivity contribution in [2.24, 2.45) is 0 Å². The highest BCUT2D eigenvalue weighted by molar-refractivity contribution is 7.92. The van der Waals surface area contributed by atoms with Gasteiger partial charge in [0.15, 0.2) is 0 Å². The fraction of sp³-hybridized carbons (Fsp3) is 0.481. The van der Waals surface area contributed by atoms with Crippen LogP contribution in [0.25, 0.3) is 0 Å². The van der Waals surface area contributed by atoms with E-state index in [1.165, 1.54) is 11.3 Å². The molecule has 2 aromatic carbocycles. The summed E-state index contributed by atoms with van der Waals surface area (Å²) >= 11 is 6.16. The fourth-order valence-electron chi connectivity index (χ4n) is 4.48. The summed E-state index contributed by atoms with van der Waals surface area (Å²) in [4.78, 5) is 28.3. The molecule has 7 nitrogen and oxygen atoms in total. The monoisotopic (exact) mass is 533 g/mol. The van der Waals surface area contributed by atoms with Gasteiger partial charge in [0.1, 0.15) is 12.6 Å². The van der Waals surface area contributed by atoms with E-state index in [0.29, 0.717) is 10.7 Å². The number of sulfonamides is 1. The van der Waals surface area contributed by atoms with Crippen LogP contribution in [0.4, 0.5) is 5.69 Å². The summed E-state index contributed by atoms with van der Waals surface area (Å²) in [6, 6.07) is 11.7. The van der Waals surface area contributed by atoms with E-state index in [4.69, 9.17) is 11.6 Å². The van der Waals surface area contributed by atoms with E-state index in [2.05, 4.69) is 5.32 Å². The van der Waals surface area contributed by atoms with Crippen LogP contribution in [-0.4, -0.2) is 50.0 Å². The minimum atomic E-state index is -3.76. The van der Waals surface area contributed by atoms with Crippen molar-refractivity contribution in [3.63, 3.8) is 0 Å². The highest BCUT2D eigenvalue weighted by atomic mass is 35.5. The van der Waals surface area contributed by atoms with Crippen LogP contribution in [0, 0.1) is 13.8 Å². The predicted molar refractivity (Wildman–Crippen MR) is 145 cm³/mol. The van der Waals surface area contributed by atoms with E-state index < -0.39 is 28.5 Å². The summed E-state index contributed by atoms with van der Waals surface area (Å²) in [5.74, 6) is -0.709. The summed E-state index contributed by atoms with van der Waals surface area (Å²) in [5, 5.41) is 3.61. The summed E-state index contributed by atoms with van der Waals surface area (Å²) in [5.41, 5.74) is 3.11. The Balaban J connectivity index is 1.88. The minimum absolute atomic E-state index is 0.0971. The molecular formula is C27H36ClN3O4S. The van der Waals surface area contributed by atoms with Crippen LogP contribution in [0.5, 0.6) is 0 Å². The molecule has 0 aliphatic heterocycles. The molecule has 2 aromatic rings. The maximum Gasteiger partial charge on any atom is 0.244 e. The lowest BCUT2D eigenvalue weighted by Crippen LogP contribution is -2.53. The number of nitrogens with zero attached hydrogens (tertiary/aromatic N) is 2. The Morgan fingerprint density at radius 2 is 1.75 bits per heavy atom. The van der Waals surface area contributed by atoms with E-state index >= 15 is 0 Å². The first-order valence-electron chi connectivity index (χ1n) is 12.3. The van der Waals surface area contributed by atoms with Gasteiger partial charge in [0.25, 0.3) is 0 Å². The van der Waals surface area contributed by atoms with Gasteiger partial charge in [-0.15, -0.1) is 0 Å². The van der Waals surface area contributed by atoms with Gasteiger partial charge in [0.05, 0.1) is 11.9 Å². The van der Waals surface area contributed by atoms with Crippen LogP contribution in [0.2, 0.25) is 5.02 Å². The van der Waals surface area contributed by atoms with Crippen LogP contribution in [-0.2, 0) is 26.2 Å². The minimum Gasteiger partial charge on any atom is -0.352 e. The first kappa shape index (κ1) is 28.0. The average Bonchev–Trinajstić information content (AvgIpc) is 2.82. The van der Waals surface area contributed by atoms with Gasteiger partial charge in [-0.25, -0.2) is 8.42 Å². The number of hydrogen-bond acceptors (Lipinski definition) is 4. The lowest BCUT2D eigenvalue weighted by Gasteiger charge is -2.33. The number of halogens is 1. The third-order valence-electron chi connectivity index (χ3n) is 6.82. The molecule has 9 heteroatoms. The molecule has 0 radical (unpaired) electrons. The Labute approximate surface area is 219 Å². The molecule has 0 saturated heterocycles. The zero-order valence-corrected chi connectivity index (χ0v) is 23.0. The van der Waals surface area contributed by atoms with Crippen molar-refractivity contribution >= 4 is 39.1 Å². The Kier molecular flexibility index (Phi) is 9.41. The third-order valence-corrected chi connectivity index (χ3v) is 8.19. The Hall–Kier alpha value is -2.58. The maximum atomic E-state index is 13.7. The molecule has 196 valence electrons. The molecule has 1 fully saturated rings. The maximum absolute atomic E-state index is 13.7. The van der Waals surface area contributed by atoms with Crippen molar-refractivity contribution in [3.8, 4) is 0 Å². The third kappa shape index (κ3) is 7.46. The molecule has 0 heterocycles. The van der Waals surface area contributed by atoms with E-state index in [-0.39, 0.29) is 18.5 Å². The second-order valence-corrected chi connectivity index (χ2v) is 12.1. The second kappa shape index (κ2) is 12.1. The van der Waals surface area contributed by atoms with Gasteiger partial charge >= 0.3 is 0 Å². The summed E-state index contributed by atoms with van der Waals surface area (Å²) in [6.07, 6.45) is 6.25. The molecule has 0 spiro atoms. The van der Waals surface area contributed by atoms with Gasteiger partial charge in [-0.2, -0.15) is 0 Å². The van der Waals surface area contributed by atoms with E-state index in [9.17, 15) is 18.0 Å². The van der Waals surface area contributed by atoms with Crippen molar-refractivity contribution < 1.29 is 18.0 Å². The zero-order chi connectivity index (χ0) is 26.5. The molecule has 36 heavy (non-hydrogen) atoms. The lowest BCUT2D eigenvalue weighted by atomic mass is 9.95. The molecule has 1 N–H and O–H groups in total. The quantitative estimate of drug-likeness (QED) is 0.511. The van der Waals surface area contributed by atoms with Crippen molar-refractivity contribution in [3.05, 3.63) is 64.2 Å². The first-order valence-corrected chi connectivity index (χ1v) is 14.6. The van der Waals surface area contributed by atoms with Gasteiger partial charge in [0.2, 0.25) is 21.8 Å². The second-order valence-electron chi connectivity index (χ2n) is 9.71. The van der Waals surface area contributed by atoms with Crippen LogP contribution in [0.3, 0.4) is 0 Å². The highest BCUT2D eigenvalue weighted by Gasteiger charge is 2.31. The number of benzene rings is 2. The largest absolute Gasteiger partial charge is 0.352 e. The molecule has 0 aromatic heterocycles. The van der Waals surface area contributed by atoms with Gasteiger partial charge in [-0.1, -0.05) is 49.1 Å². The van der Waals surface area contributed by atoms with Gasteiger partial charge < -0.3 is 10.2 Å². The zero-order valence-electron chi connectivity index (χ0n) is 21.5. The Bertz CT molecular complexity index is 1200. The number of carbonyl (C=O) groups is 2. The number of anilines is 1. The van der Waals surface area contributed by atoms with Gasteiger partial charge in [-0.3, -0.25) is 13.9 Å². The fourth-order valence-corrected chi connectivity index (χ4v) is 5.53. The van der Waals surface area contributed by atoms with Crippen LogP contribution in [0.15, 0.2) is 42.5 Å². The highest BCUT2D eigenvalue weighted by Crippen LogP contribution is 2.23. The molecular weight excluding hydrogens is 498 g/mol. The van der Waals surface area contributed by atoms with Crippen molar-refractivity contribution in [1.29, 1.82) is 0 Å². The molecule has 0 unspecified atom stereocenters. The first-order chi connectivity index (χ1) is 17.0. The SMILES string of the molecule is Cc1ccc(N(CC(=O)N(Cc2cccc(Cl)c2)[C@@H](C)C(=O)NC2CCCCC2)S(C)(=O)=O)cc1C. The number of amides is 2. The van der Waals surface area contributed by atoms with Crippen molar-refractivity contribution in [2.75, 3.05) is 17.1 Å².